The van der Waals surface area contributed by atoms with Gasteiger partial charge in [-0.3, -0.25) is 4.79 Å². The summed E-state index contributed by atoms with van der Waals surface area (Å²) in [5, 5.41) is 0. The van der Waals surface area contributed by atoms with E-state index >= 15 is 0 Å². The van der Waals surface area contributed by atoms with Crippen molar-refractivity contribution in [1.29, 1.82) is 0 Å². The van der Waals surface area contributed by atoms with Gasteiger partial charge in [0, 0.05) is 25.8 Å². The minimum absolute atomic E-state index is 0.0818. The fourth-order valence-electron chi connectivity index (χ4n) is 2.83. The number of aliphatic imine (C=N–C) groups is 1. The highest BCUT2D eigenvalue weighted by molar-refractivity contribution is 9.10. The molecule has 0 radical (unpaired) electrons. The Bertz CT molecular complexity index is 1120. The van der Waals surface area contributed by atoms with Crippen LogP contribution in [0.1, 0.15) is 31.9 Å². The van der Waals surface area contributed by atoms with E-state index in [1.165, 1.54) is 6.26 Å². The van der Waals surface area contributed by atoms with E-state index in [-0.39, 0.29) is 11.8 Å². The maximum atomic E-state index is 13.1. The number of rotatable bonds is 7. The fraction of sp³-hybridized carbons (Fsp3) is 0.409. The Hall–Kier alpha value is -2.26. The number of hydrogen-bond donors (Lipinski definition) is 0. The van der Waals surface area contributed by atoms with E-state index in [2.05, 4.69) is 30.3 Å². The van der Waals surface area contributed by atoms with E-state index in [0.29, 0.717) is 21.0 Å². The molecule has 31 heavy (non-hydrogen) atoms. The fourth-order valence-corrected chi connectivity index (χ4v) is 4.48. The summed E-state index contributed by atoms with van der Waals surface area (Å²) in [6.07, 6.45) is 5.93. The first-order valence-corrected chi connectivity index (χ1v) is 12.9. The number of pyridine rings is 1. The highest BCUT2D eigenvalue weighted by Crippen LogP contribution is 2.34. The minimum Gasteiger partial charge on any atom is -0.438 e. The second-order valence-corrected chi connectivity index (χ2v) is 10.7. The van der Waals surface area contributed by atoms with Crippen LogP contribution >= 0.6 is 15.9 Å². The summed E-state index contributed by atoms with van der Waals surface area (Å²) >= 11 is 3.49. The van der Waals surface area contributed by atoms with Crippen molar-refractivity contribution in [2.45, 2.75) is 38.0 Å². The van der Waals surface area contributed by atoms with Gasteiger partial charge in [-0.25, -0.2) is 14.2 Å². The molecule has 0 aliphatic heterocycles. The SMILES string of the molecule is CCN(C)/C=N/c1cc(Br)c(Oc2cccc(S(C)(=O)=NC(=O)C3CCC3)c2)nc1C. The molecule has 166 valence electrons. The average Bonchev–Trinajstić information content (AvgIpc) is 2.67. The minimum atomic E-state index is -2.85. The van der Waals surface area contributed by atoms with Gasteiger partial charge < -0.3 is 9.64 Å². The average molecular weight is 507 g/mol. The Morgan fingerprint density at radius 1 is 1.39 bits per heavy atom. The molecule has 1 aliphatic carbocycles. The number of carbonyl (C=O) groups is 1. The molecule has 1 fully saturated rings. The summed E-state index contributed by atoms with van der Waals surface area (Å²) < 4.78 is 23.7. The normalized spacial score (nSPS) is 15.9. The zero-order valence-corrected chi connectivity index (χ0v) is 20.6. The van der Waals surface area contributed by atoms with Crippen molar-refractivity contribution in [3.63, 3.8) is 0 Å². The molecule has 1 atom stereocenters. The largest absolute Gasteiger partial charge is 0.438 e. The molecular weight excluding hydrogens is 480 g/mol. The maximum absolute atomic E-state index is 13.1. The van der Waals surface area contributed by atoms with Gasteiger partial charge >= 0.3 is 0 Å². The Balaban J connectivity index is 1.83. The number of halogens is 1. The van der Waals surface area contributed by atoms with Crippen LogP contribution in [0, 0.1) is 12.8 Å². The number of benzene rings is 1. The Labute approximate surface area is 192 Å². The van der Waals surface area contributed by atoms with Gasteiger partial charge in [0.05, 0.1) is 36.8 Å². The van der Waals surface area contributed by atoms with Gasteiger partial charge in [0.1, 0.15) is 5.75 Å². The van der Waals surface area contributed by atoms with Crippen LogP contribution in [0.5, 0.6) is 11.6 Å². The predicted molar refractivity (Wildman–Crippen MR) is 127 cm³/mol. The first kappa shape index (κ1) is 23.4. The van der Waals surface area contributed by atoms with Crippen molar-refractivity contribution in [3.8, 4) is 11.6 Å². The number of aryl methyl sites for hydroxylation is 1. The molecule has 0 saturated heterocycles. The Kier molecular flexibility index (Phi) is 7.48. The van der Waals surface area contributed by atoms with Gasteiger partial charge in [0.2, 0.25) is 5.88 Å². The molecule has 3 rings (SSSR count). The quantitative estimate of drug-likeness (QED) is 0.373. The van der Waals surface area contributed by atoms with E-state index in [4.69, 9.17) is 4.74 Å². The van der Waals surface area contributed by atoms with Crippen LogP contribution in [0.15, 0.2) is 49.1 Å². The number of hydrogen-bond acceptors (Lipinski definition) is 5. The maximum Gasteiger partial charge on any atom is 0.257 e. The second kappa shape index (κ2) is 9.91. The van der Waals surface area contributed by atoms with E-state index in [1.54, 1.807) is 30.6 Å². The lowest BCUT2D eigenvalue weighted by Gasteiger charge is -2.21. The lowest BCUT2D eigenvalue weighted by molar-refractivity contribution is -0.123. The molecule has 1 unspecified atom stereocenters. The van der Waals surface area contributed by atoms with Gasteiger partial charge in [0.15, 0.2) is 0 Å². The second-order valence-electron chi connectivity index (χ2n) is 7.63. The van der Waals surface area contributed by atoms with Crippen molar-refractivity contribution >= 4 is 43.6 Å². The van der Waals surface area contributed by atoms with Gasteiger partial charge in [-0.2, -0.15) is 4.36 Å². The summed E-state index contributed by atoms with van der Waals surface area (Å²) in [4.78, 5) is 23.6. The topological polar surface area (TPSA) is 84.2 Å². The highest BCUT2D eigenvalue weighted by atomic mass is 79.9. The molecule has 1 aromatic heterocycles. The number of carbonyl (C=O) groups excluding carboxylic acids is 1. The van der Waals surface area contributed by atoms with Crippen molar-refractivity contribution < 1.29 is 13.7 Å². The predicted octanol–water partition coefficient (Wildman–Crippen LogP) is 5.34. The van der Waals surface area contributed by atoms with Crippen LogP contribution in [0.4, 0.5) is 5.69 Å². The molecule has 0 bridgehead atoms. The van der Waals surface area contributed by atoms with Crippen LogP contribution < -0.4 is 4.74 Å². The molecule has 0 N–H and O–H groups in total. The molecule has 1 amide bonds. The molecule has 1 saturated carbocycles. The lowest BCUT2D eigenvalue weighted by atomic mass is 9.85. The van der Waals surface area contributed by atoms with Gasteiger partial charge in [-0.15, -0.1) is 0 Å². The smallest absolute Gasteiger partial charge is 0.257 e. The molecular formula is C22H27BrN4O3S. The van der Waals surface area contributed by atoms with E-state index in [9.17, 15) is 9.00 Å². The molecule has 9 heteroatoms. The zero-order valence-electron chi connectivity index (χ0n) is 18.2. The van der Waals surface area contributed by atoms with E-state index in [1.807, 2.05) is 31.9 Å². The Morgan fingerprint density at radius 2 is 2.13 bits per heavy atom. The standard InChI is InChI=1S/C22H27BrN4O3S/c1-5-27(3)14-24-20-13-19(23)22(25-15(20)2)30-17-10-7-11-18(12-17)31(4,29)26-21(28)16-8-6-9-16/h7,10-14,16H,5-6,8-9H2,1-4H3/b24-14+. The van der Waals surface area contributed by atoms with Gasteiger partial charge in [-0.05, 0) is 66.9 Å². The van der Waals surface area contributed by atoms with E-state index in [0.717, 1.165) is 37.2 Å². The van der Waals surface area contributed by atoms with Crippen molar-refractivity contribution in [2.75, 3.05) is 19.8 Å². The van der Waals surface area contributed by atoms with Crippen LogP contribution in [-0.4, -0.2) is 46.2 Å². The highest BCUT2D eigenvalue weighted by Gasteiger charge is 2.26. The molecule has 1 heterocycles. The van der Waals surface area contributed by atoms with E-state index < -0.39 is 9.73 Å². The van der Waals surface area contributed by atoms with Crippen molar-refractivity contribution in [1.82, 2.24) is 9.88 Å². The molecule has 0 spiro atoms. The third kappa shape index (κ3) is 5.92. The lowest BCUT2D eigenvalue weighted by Crippen LogP contribution is -2.21. The van der Waals surface area contributed by atoms with Crippen LogP contribution in [-0.2, 0) is 14.5 Å². The monoisotopic (exact) mass is 506 g/mol. The molecule has 2 aromatic rings. The summed E-state index contributed by atoms with van der Waals surface area (Å²) in [7, 11) is -0.901. The summed E-state index contributed by atoms with van der Waals surface area (Å²) in [5.41, 5.74) is 1.45. The van der Waals surface area contributed by atoms with Crippen LogP contribution in [0.3, 0.4) is 0 Å². The first-order valence-electron chi connectivity index (χ1n) is 10.1. The van der Waals surface area contributed by atoms with Crippen LogP contribution in [0.2, 0.25) is 0 Å². The summed E-state index contributed by atoms with van der Waals surface area (Å²) in [6, 6.07) is 8.67. The third-order valence-electron chi connectivity index (χ3n) is 5.18. The summed E-state index contributed by atoms with van der Waals surface area (Å²) in [6.45, 7) is 4.76. The number of ether oxygens (including phenoxy) is 1. The zero-order chi connectivity index (χ0) is 22.6. The molecule has 1 aromatic carbocycles. The van der Waals surface area contributed by atoms with Gasteiger partial charge in [0.25, 0.3) is 5.91 Å². The number of amides is 1. The molecule has 7 nitrogen and oxygen atoms in total. The number of aromatic nitrogens is 1. The van der Waals surface area contributed by atoms with Crippen molar-refractivity contribution in [3.05, 3.63) is 40.5 Å². The van der Waals surface area contributed by atoms with Gasteiger partial charge in [-0.1, -0.05) is 12.5 Å². The third-order valence-corrected chi connectivity index (χ3v) is 7.40. The van der Waals surface area contributed by atoms with Crippen LogP contribution in [0.25, 0.3) is 0 Å². The first-order chi connectivity index (χ1) is 14.7. The molecule has 1 aliphatic rings. The van der Waals surface area contributed by atoms with Crippen molar-refractivity contribution in [2.24, 2.45) is 15.3 Å². The summed E-state index contributed by atoms with van der Waals surface area (Å²) in [5.74, 6) is 0.493. The Morgan fingerprint density at radius 3 is 2.77 bits per heavy atom. The number of nitrogens with zero attached hydrogens (tertiary/aromatic N) is 4.